The van der Waals surface area contributed by atoms with Crippen LogP contribution in [0.2, 0.25) is 0 Å². The molecule has 9 nitrogen and oxygen atoms in total. The van der Waals surface area contributed by atoms with Gasteiger partial charge in [0.2, 0.25) is 0 Å². The number of hydrogen-bond acceptors (Lipinski definition) is 6. The van der Waals surface area contributed by atoms with E-state index in [-0.39, 0.29) is 30.5 Å². The quantitative estimate of drug-likeness (QED) is 0.246. The number of carboxylic acid groups (broad SMARTS) is 1. The van der Waals surface area contributed by atoms with Crippen LogP contribution in [0.25, 0.3) is 11.1 Å². The van der Waals surface area contributed by atoms with Crippen molar-refractivity contribution >= 4 is 23.7 Å². The highest BCUT2D eigenvalue weighted by Crippen LogP contribution is 2.44. The fourth-order valence-electron chi connectivity index (χ4n) is 4.92. The van der Waals surface area contributed by atoms with Gasteiger partial charge in [-0.2, -0.15) is 0 Å². The van der Waals surface area contributed by atoms with Crippen molar-refractivity contribution in [3.63, 3.8) is 0 Å². The minimum atomic E-state index is -1.35. The first-order valence-electron chi connectivity index (χ1n) is 13.2. The number of hydrogen-bond donors (Lipinski definition) is 3. The number of ether oxygens (including phenoxy) is 2. The number of fused-ring (bicyclic) bond motifs is 3. The molecule has 1 aromatic heterocycles. The molecule has 2 amide bonds. The number of anilines is 1. The summed E-state index contributed by atoms with van der Waals surface area (Å²) in [6.07, 6.45) is -0.231. The summed E-state index contributed by atoms with van der Waals surface area (Å²) in [5.41, 5.74) is 5.18. The Morgan fingerprint density at radius 2 is 1.51 bits per heavy atom. The van der Waals surface area contributed by atoms with Crippen LogP contribution < -0.4 is 10.6 Å². The predicted molar refractivity (Wildman–Crippen MR) is 153 cm³/mol. The van der Waals surface area contributed by atoms with Crippen LogP contribution in [-0.4, -0.2) is 46.8 Å². The van der Waals surface area contributed by atoms with Crippen molar-refractivity contribution in [1.29, 1.82) is 0 Å². The average Bonchev–Trinajstić information content (AvgIpc) is 3.31. The van der Waals surface area contributed by atoms with Crippen molar-refractivity contribution in [2.75, 3.05) is 11.9 Å². The third-order valence-electron chi connectivity index (χ3n) is 6.98. The van der Waals surface area contributed by atoms with Crippen LogP contribution in [0.3, 0.4) is 0 Å². The molecule has 0 fully saturated rings. The maximum absolute atomic E-state index is 13.1. The number of aromatic nitrogens is 1. The van der Waals surface area contributed by atoms with Crippen molar-refractivity contribution in [3.05, 3.63) is 120 Å². The molecule has 0 aliphatic heterocycles. The molecule has 0 saturated heterocycles. The van der Waals surface area contributed by atoms with Gasteiger partial charge in [-0.15, -0.1) is 0 Å². The number of aliphatic carboxylic acids is 1. The van der Waals surface area contributed by atoms with Gasteiger partial charge in [0.15, 0.2) is 11.7 Å². The summed E-state index contributed by atoms with van der Waals surface area (Å²) in [5, 5.41) is 14.8. The molecule has 2 atom stereocenters. The number of benzene rings is 3. The molecular weight excluding hydrogens is 522 g/mol. The standard InChI is InChI=1S/C32H29N3O6/c1-20(40-18-21-10-3-2-4-11-21)28(31(37)38)35-30(36)29-27(16-9-17-33-29)34-32(39)41-19-26-24-14-7-5-12-22(24)23-13-6-8-15-25(23)26/h2-17,20,26,28H,18-19H2,1H3,(H,34,39)(H,35,36)(H,37,38)/t20-,28+/m0/s1. The molecule has 0 saturated carbocycles. The number of carboxylic acids is 1. The molecular formula is C32H29N3O6. The van der Waals surface area contributed by atoms with Crippen LogP contribution >= 0.6 is 0 Å². The first-order valence-corrected chi connectivity index (χ1v) is 13.2. The normalized spacial score (nSPS) is 13.4. The van der Waals surface area contributed by atoms with E-state index in [9.17, 15) is 19.5 Å². The maximum Gasteiger partial charge on any atom is 0.411 e. The Labute approximate surface area is 237 Å². The number of nitrogens with zero attached hydrogens (tertiary/aromatic N) is 1. The van der Waals surface area contributed by atoms with Gasteiger partial charge in [0, 0.05) is 12.1 Å². The van der Waals surface area contributed by atoms with Gasteiger partial charge < -0.3 is 19.9 Å². The van der Waals surface area contributed by atoms with Gasteiger partial charge in [0.1, 0.15) is 6.61 Å². The highest BCUT2D eigenvalue weighted by atomic mass is 16.5. The molecule has 0 bridgehead atoms. The molecule has 0 unspecified atom stereocenters. The fraction of sp³-hybridized carbons (Fsp3) is 0.188. The molecule has 208 valence electrons. The van der Waals surface area contributed by atoms with Crippen molar-refractivity contribution in [2.24, 2.45) is 0 Å². The van der Waals surface area contributed by atoms with Crippen molar-refractivity contribution < 1.29 is 29.0 Å². The largest absolute Gasteiger partial charge is 0.480 e. The number of carbonyl (C=O) groups is 3. The van der Waals surface area contributed by atoms with E-state index in [4.69, 9.17) is 9.47 Å². The van der Waals surface area contributed by atoms with E-state index in [2.05, 4.69) is 15.6 Å². The minimum Gasteiger partial charge on any atom is -0.480 e. The van der Waals surface area contributed by atoms with Crippen molar-refractivity contribution in [1.82, 2.24) is 10.3 Å². The molecule has 0 spiro atoms. The van der Waals surface area contributed by atoms with E-state index < -0.39 is 30.1 Å². The molecule has 41 heavy (non-hydrogen) atoms. The van der Waals surface area contributed by atoms with E-state index in [1.54, 1.807) is 13.0 Å². The summed E-state index contributed by atoms with van der Waals surface area (Å²) in [6.45, 7) is 1.84. The molecule has 5 rings (SSSR count). The lowest BCUT2D eigenvalue weighted by atomic mass is 9.98. The number of carbonyl (C=O) groups excluding carboxylic acids is 2. The van der Waals surface area contributed by atoms with Crippen LogP contribution in [-0.2, 0) is 20.9 Å². The zero-order valence-corrected chi connectivity index (χ0v) is 22.3. The highest BCUT2D eigenvalue weighted by Gasteiger charge is 2.31. The second-order valence-electron chi connectivity index (χ2n) is 9.64. The Hall–Kier alpha value is -5.02. The summed E-state index contributed by atoms with van der Waals surface area (Å²) in [4.78, 5) is 42.0. The van der Waals surface area contributed by atoms with E-state index >= 15 is 0 Å². The first-order chi connectivity index (χ1) is 19.9. The van der Waals surface area contributed by atoms with Gasteiger partial charge >= 0.3 is 12.1 Å². The van der Waals surface area contributed by atoms with Crippen LogP contribution in [0.15, 0.2) is 97.2 Å². The third-order valence-corrected chi connectivity index (χ3v) is 6.98. The van der Waals surface area contributed by atoms with Crippen LogP contribution in [0.5, 0.6) is 0 Å². The Morgan fingerprint density at radius 3 is 2.17 bits per heavy atom. The molecule has 0 radical (unpaired) electrons. The van der Waals surface area contributed by atoms with Crippen molar-refractivity contribution in [2.45, 2.75) is 31.6 Å². The SMILES string of the molecule is C[C@H](OCc1ccccc1)[C@@H](NC(=O)c1ncccc1NC(=O)OCC1c2ccccc2-c2ccccc21)C(=O)O. The van der Waals surface area contributed by atoms with E-state index in [0.717, 1.165) is 27.8 Å². The van der Waals surface area contributed by atoms with Gasteiger partial charge in [-0.05, 0) is 46.9 Å². The van der Waals surface area contributed by atoms with E-state index in [1.807, 2.05) is 78.9 Å². The smallest absolute Gasteiger partial charge is 0.411 e. The Kier molecular flexibility index (Phi) is 8.36. The third kappa shape index (κ3) is 6.26. The summed E-state index contributed by atoms with van der Waals surface area (Å²) in [5.74, 6) is -2.17. The number of pyridine rings is 1. The van der Waals surface area contributed by atoms with Crippen LogP contribution in [0.1, 0.15) is 40.0 Å². The lowest BCUT2D eigenvalue weighted by Crippen LogP contribution is -2.49. The molecule has 1 aliphatic carbocycles. The second kappa shape index (κ2) is 12.4. The topological polar surface area (TPSA) is 127 Å². The molecule has 1 aliphatic rings. The van der Waals surface area contributed by atoms with Gasteiger partial charge in [-0.25, -0.2) is 14.6 Å². The summed E-state index contributed by atoms with van der Waals surface area (Å²) >= 11 is 0. The summed E-state index contributed by atoms with van der Waals surface area (Å²) < 4.78 is 11.3. The molecule has 3 aromatic carbocycles. The average molecular weight is 552 g/mol. The zero-order chi connectivity index (χ0) is 28.8. The predicted octanol–water partition coefficient (Wildman–Crippen LogP) is 5.23. The molecule has 3 N–H and O–H groups in total. The van der Waals surface area contributed by atoms with E-state index in [0.29, 0.717) is 0 Å². The van der Waals surface area contributed by atoms with Gasteiger partial charge in [-0.3, -0.25) is 10.1 Å². The van der Waals surface area contributed by atoms with Gasteiger partial charge in [0.05, 0.1) is 18.4 Å². The summed E-state index contributed by atoms with van der Waals surface area (Å²) in [6, 6.07) is 27.0. The number of rotatable bonds is 10. The lowest BCUT2D eigenvalue weighted by Gasteiger charge is -2.22. The van der Waals surface area contributed by atoms with Crippen molar-refractivity contribution in [3.8, 4) is 11.1 Å². The number of nitrogens with one attached hydrogen (secondary N) is 2. The lowest BCUT2D eigenvalue weighted by molar-refractivity contribution is -0.143. The Morgan fingerprint density at radius 1 is 0.878 bits per heavy atom. The van der Waals surface area contributed by atoms with Gasteiger partial charge in [-0.1, -0.05) is 78.9 Å². The molecule has 4 aromatic rings. The summed E-state index contributed by atoms with van der Waals surface area (Å²) in [7, 11) is 0. The second-order valence-corrected chi connectivity index (χ2v) is 9.64. The molecule has 9 heteroatoms. The maximum atomic E-state index is 13.1. The fourth-order valence-corrected chi connectivity index (χ4v) is 4.92. The van der Waals surface area contributed by atoms with Gasteiger partial charge in [0.25, 0.3) is 5.91 Å². The number of amides is 2. The van der Waals surface area contributed by atoms with Crippen LogP contribution in [0.4, 0.5) is 10.5 Å². The van der Waals surface area contributed by atoms with E-state index in [1.165, 1.54) is 12.3 Å². The Bertz CT molecular complexity index is 1510. The monoisotopic (exact) mass is 551 g/mol. The highest BCUT2D eigenvalue weighted by molar-refractivity contribution is 6.02. The zero-order valence-electron chi connectivity index (χ0n) is 22.3. The Balaban J connectivity index is 1.23. The molecule has 1 heterocycles. The first kappa shape index (κ1) is 27.5. The minimum absolute atomic E-state index is 0.0872. The van der Waals surface area contributed by atoms with Crippen LogP contribution in [0, 0.1) is 0 Å².